The van der Waals surface area contributed by atoms with Crippen LogP contribution in [-0.4, -0.2) is 9.13 Å². The Bertz CT molecular complexity index is 4650. The summed E-state index contributed by atoms with van der Waals surface area (Å²) in [4.78, 5) is 4.70. The number of aromatic nitrogens is 2. The minimum Gasteiger partial charge on any atom is -0.316 e. The third kappa shape index (κ3) is 5.21. The average molecular weight is 943 g/mol. The number of nitriles is 1. The highest BCUT2D eigenvalue weighted by molar-refractivity contribution is 7.27. The monoisotopic (exact) mass is 942 g/mol. The van der Waals surface area contributed by atoms with E-state index in [2.05, 4.69) is 198 Å². The molecule has 0 aliphatic carbocycles. The van der Waals surface area contributed by atoms with Crippen LogP contribution in [0, 0.1) is 24.8 Å². The quantitative estimate of drug-likeness (QED) is 0.162. The van der Waals surface area contributed by atoms with Gasteiger partial charge < -0.3 is 9.13 Å². The number of para-hydroxylation sites is 1. The van der Waals surface area contributed by atoms with Crippen molar-refractivity contribution < 1.29 is 0 Å². The van der Waals surface area contributed by atoms with Gasteiger partial charge in [-0.25, -0.2) is 4.85 Å². The molecule has 0 spiro atoms. The second-order valence-electron chi connectivity index (χ2n) is 18.1. The van der Waals surface area contributed by atoms with Gasteiger partial charge in [0.05, 0.1) is 59.7 Å². The van der Waals surface area contributed by atoms with Gasteiger partial charge in [0, 0.05) is 79.1 Å². The first-order chi connectivity index (χ1) is 34.6. The largest absolute Gasteiger partial charge is 0.316 e. The van der Waals surface area contributed by atoms with Gasteiger partial charge in [-0.2, -0.15) is 5.26 Å². The molecule has 0 radical (unpaired) electrons. The van der Waals surface area contributed by atoms with Gasteiger partial charge in [0.15, 0.2) is 0 Å². The van der Waals surface area contributed by atoms with Gasteiger partial charge in [0.2, 0.25) is 5.69 Å². The van der Waals surface area contributed by atoms with Crippen LogP contribution >= 0.6 is 34.0 Å². The zero-order valence-electron chi connectivity index (χ0n) is 37.4. The number of fused-ring (bicyclic) bond motifs is 18. The third-order valence-corrected chi connectivity index (χ3v) is 18.0. The minimum atomic E-state index is 0.428. The van der Waals surface area contributed by atoms with Crippen molar-refractivity contribution in [2.75, 3.05) is 0 Å². The van der Waals surface area contributed by atoms with E-state index in [0.29, 0.717) is 16.9 Å². The molecule has 0 amide bonds. The fraction of sp³-hybridized carbons (Fsp3) is 0.0159. The van der Waals surface area contributed by atoms with E-state index >= 15 is 0 Å². The zero-order valence-corrected chi connectivity index (χ0v) is 39.9. The van der Waals surface area contributed by atoms with Crippen LogP contribution in [0.2, 0.25) is 0 Å². The summed E-state index contributed by atoms with van der Waals surface area (Å²) < 4.78 is 11.8. The molecule has 0 saturated heterocycles. The Morgan fingerprint density at radius 3 is 1.50 bits per heavy atom. The Kier molecular flexibility index (Phi) is 8.29. The molecule has 4 nitrogen and oxygen atoms in total. The van der Waals surface area contributed by atoms with E-state index < -0.39 is 0 Å². The van der Waals surface area contributed by atoms with Crippen molar-refractivity contribution in [2.24, 2.45) is 0 Å². The topological polar surface area (TPSA) is 38.0 Å². The number of hydrogen-bond donors (Lipinski definition) is 0. The summed E-state index contributed by atoms with van der Waals surface area (Å²) in [5.41, 5.74) is 10.9. The van der Waals surface area contributed by atoms with Gasteiger partial charge in [-0.1, -0.05) is 158 Å². The molecule has 15 aromatic rings. The smallest absolute Gasteiger partial charge is 0.221 e. The Morgan fingerprint density at radius 1 is 0.443 bits per heavy atom. The predicted molar refractivity (Wildman–Crippen MR) is 300 cm³/mol. The lowest BCUT2D eigenvalue weighted by Gasteiger charge is -2.26. The van der Waals surface area contributed by atoms with Crippen LogP contribution in [0.1, 0.15) is 11.1 Å². The minimum absolute atomic E-state index is 0.428. The highest BCUT2D eigenvalue weighted by Crippen LogP contribution is 2.56. The Hall–Kier alpha value is -8.56. The van der Waals surface area contributed by atoms with Gasteiger partial charge >= 0.3 is 0 Å². The third-order valence-electron chi connectivity index (χ3n) is 14.5. The molecule has 324 valence electrons. The van der Waals surface area contributed by atoms with Crippen LogP contribution in [0.25, 0.3) is 143 Å². The summed E-state index contributed by atoms with van der Waals surface area (Å²) >= 11 is 5.41. The highest BCUT2D eigenvalue weighted by Gasteiger charge is 2.33. The number of thiophene rings is 3. The number of benzene rings is 10. The molecule has 7 heteroatoms. The van der Waals surface area contributed by atoms with Crippen molar-refractivity contribution in [1.29, 1.82) is 5.26 Å². The maximum atomic E-state index is 12.3. The fourth-order valence-electron chi connectivity index (χ4n) is 11.7. The van der Waals surface area contributed by atoms with E-state index in [4.69, 9.17) is 4.85 Å². The SMILES string of the molecule is [C-]#[N+]c1c(-c2ccccc2)c(-n2c3c(ccc4c5ccccc5sc43)c3ccc4c5ccccc5sc4c32)c(-c2ccccc2)c(C#N)c1-n1c2ccccc2c2cc(C)c3c4ccccc4sc3c21. The van der Waals surface area contributed by atoms with Crippen LogP contribution in [0.5, 0.6) is 0 Å². The molecule has 0 N–H and O–H groups in total. The van der Waals surface area contributed by atoms with Crippen molar-refractivity contribution >= 4 is 144 Å². The number of aryl methyl sites for hydroxylation is 1. The molecule has 0 aliphatic heterocycles. The summed E-state index contributed by atoms with van der Waals surface area (Å²) in [6.45, 7) is 11.8. The van der Waals surface area contributed by atoms with Gasteiger partial charge in [-0.3, -0.25) is 0 Å². The van der Waals surface area contributed by atoms with Gasteiger partial charge in [-0.05, 0) is 53.9 Å². The van der Waals surface area contributed by atoms with E-state index in [0.717, 1.165) is 76.3 Å². The van der Waals surface area contributed by atoms with Crippen LogP contribution in [0.4, 0.5) is 5.69 Å². The molecule has 70 heavy (non-hydrogen) atoms. The van der Waals surface area contributed by atoms with Crippen molar-refractivity contribution in [3.8, 4) is 39.7 Å². The Balaban J connectivity index is 1.24. The molecule has 15 rings (SSSR count). The first-order valence-electron chi connectivity index (χ1n) is 23.3. The van der Waals surface area contributed by atoms with Gasteiger partial charge in [-0.15, -0.1) is 34.0 Å². The summed E-state index contributed by atoms with van der Waals surface area (Å²) in [5, 5.41) is 23.9. The predicted octanol–water partition coefficient (Wildman–Crippen LogP) is 19.0. The van der Waals surface area contributed by atoms with Crippen molar-refractivity contribution in [3.63, 3.8) is 0 Å². The molecule has 0 saturated carbocycles. The normalized spacial score (nSPS) is 12.0. The lowest BCUT2D eigenvalue weighted by atomic mass is 9.88. The molecule has 5 heterocycles. The first kappa shape index (κ1) is 39.4. The van der Waals surface area contributed by atoms with Crippen LogP contribution in [0.3, 0.4) is 0 Å². The molecular weight excluding hydrogens is 909 g/mol. The van der Waals surface area contributed by atoms with E-state index in [1.54, 1.807) is 11.3 Å². The lowest BCUT2D eigenvalue weighted by molar-refractivity contribution is 1.15. The Labute approximate surface area is 412 Å². The van der Waals surface area contributed by atoms with Crippen molar-refractivity contribution in [3.05, 3.63) is 211 Å². The summed E-state index contributed by atoms with van der Waals surface area (Å²) in [5.74, 6) is 0. The highest BCUT2D eigenvalue weighted by atomic mass is 32.1. The molecule has 0 unspecified atom stereocenters. The van der Waals surface area contributed by atoms with Gasteiger partial charge in [0.25, 0.3) is 0 Å². The maximum Gasteiger partial charge on any atom is 0.221 e. The van der Waals surface area contributed by atoms with E-state index in [9.17, 15) is 11.8 Å². The van der Waals surface area contributed by atoms with Crippen molar-refractivity contribution in [2.45, 2.75) is 6.92 Å². The standard InChI is InChI=1S/C63H34N4S3/c1-35-33-46-38-21-9-13-25-48(38)66(59(46)63-52(35)45-24-12-16-28-51(45)70-63)56-47(34-64)53(36-17-5-3-6-18-36)60(54(55(56)65-2)37-19-7-4-8-20-37)67-57-41(29-31-43-39-22-10-14-26-49(39)68-61(43)57)42-30-32-44-40-23-11-15-27-50(40)69-62(44)58(42)67/h3-33H,1H3. The van der Waals surface area contributed by atoms with E-state index in [1.165, 1.54) is 61.4 Å². The number of nitrogens with zero attached hydrogens (tertiary/aromatic N) is 4. The maximum absolute atomic E-state index is 12.3. The van der Waals surface area contributed by atoms with Crippen LogP contribution in [-0.2, 0) is 0 Å². The van der Waals surface area contributed by atoms with Gasteiger partial charge in [0.1, 0.15) is 6.07 Å². The Morgan fingerprint density at radius 2 is 0.914 bits per heavy atom. The molecule has 5 aromatic heterocycles. The molecule has 0 aliphatic rings. The molecule has 0 bridgehead atoms. The fourth-order valence-corrected chi connectivity index (χ4v) is 15.5. The van der Waals surface area contributed by atoms with Crippen molar-refractivity contribution in [1.82, 2.24) is 9.13 Å². The average Bonchev–Trinajstić information content (AvgIpc) is 4.24. The molecule has 10 aromatic carbocycles. The number of hydrogen-bond acceptors (Lipinski definition) is 4. The second-order valence-corrected chi connectivity index (χ2v) is 21.2. The summed E-state index contributed by atoms with van der Waals surface area (Å²) in [7, 11) is 0. The molecule has 0 fully saturated rings. The van der Waals surface area contributed by atoms with Crippen LogP contribution in [0.15, 0.2) is 188 Å². The lowest BCUT2D eigenvalue weighted by Crippen LogP contribution is -2.08. The van der Waals surface area contributed by atoms with Crippen LogP contribution < -0.4 is 0 Å². The molecule has 0 atom stereocenters. The van der Waals surface area contributed by atoms with E-state index in [-0.39, 0.29) is 0 Å². The molecular formula is C63H34N4S3. The summed E-state index contributed by atoms with van der Waals surface area (Å²) in [6.07, 6.45) is 0. The second kappa shape index (κ2) is 14.7. The van der Waals surface area contributed by atoms with E-state index in [1.807, 2.05) is 34.8 Å². The zero-order chi connectivity index (χ0) is 46.4. The first-order valence-corrected chi connectivity index (χ1v) is 25.7. The number of rotatable bonds is 4. The summed E-state index contributed by atoms with van der Waals surface area (Å²) in [6, 6.07) is 69.7.